The first-order chi connectivity index (χ1) is 16.8. The van der Waals surface area contributed by atoms with Crippen molar-refractivity contribution in [2.24, 2.45) is 5.92 Å². The highest BCUT2D eigenvalue weighted by Crippen LogP contribution is 2.44. The van der Waals surface area contributed by atoms with Crippen molar-refractivity contribution < 1.29 is 33.8 Å². The summed E-state index contributed by atoms with van der Waals surface area (Å²) in [5.41, 5.74) is 4.15. The SMILES string of the molecule is CCOC(=O)C(NC(=O)OCC1c2ccccc2-c2ccccc21)C(=O)NC(C(=O)O)C(C)CC. The molecule has 9 heteroatoms. The van der Waals surface area contributed by atoms with E-state index in [0.717, 1.165) is 22.3 Å². The van der Waals surface area contributed by atoms with Crippen LogP contribution >= 0.6 is 0 Å². The lowest BCUT2D eigenvalue weighted by atomic mass is 9.98. The van der Waals surface area contributed by atoms with Gasteiger partial charge in [-0.1, -0.05) is 68.8 Å². The van der Waals surface area contributed by atoms with Gasteiger partial charge in [0.1, 0.15) is 12.6 Å². The average Bonchev–Trinajstić information content (AvgIpc) is 3.17. The van der Waals surface area contributed by atoms with Crippen molar-refractivity contribution in [2.45, 2.75) is 45.2 Å². The van der Waals surface area contributed by atoms with E-state index in [9.17, 15) is 24.3 Å². The summed E-state index contributed by atoms with van der Waals surface area (Å²) < 4.78 is 10.3. The zero-order chi connectivity index (χ0) is 25.5. The van der Waals surface area contributed by atoms with Crippen LogP contribution in [0.1, 0.15) is 44.2 Å². The van der Waals surface area contributed by atoms with E-state index in [-0.39, 0.29) is 19.1 Å². The molecule has 3 N–H and O–H groups in total. The summed E-state index contributed by atoms with van der Waals surface area (Å²) in [5, 5.41) is 14.0. The smallest absolute Gasteiger partial charge is 0.408 e. The second kappa shape index (κ2) is 11.5. The van der Waals surface area contributed by atoms with Crippen molar-refractivity contribution in [2.75, 3.05) is 13.2 Å². The molecular formula is C26H30N2O7. The highest BCUT2D eigenvalue weighted by atomic mass is 16.6. The van der Waals surface area contributed by atoms with E-state index in [0.29, 0.717) is 6.42 Å². The number of hydrogen-bond donors (Lipinski definition) is 3. The van der Waals surface area contributed by atoms with Gasteiger partial charge in [0, 0.05) is 5.92 Å². The van der Waals surface area contributed by atoms with Gasteiger partial charge < -0.3 is 19.9 Å². The molecule has 0 heterocycles. The molecule has 0 spiro atoms. The van der Waals surface area contributed by atoms with Gasteiger partial charge in [0.25, 0.3) is 5.91 Å². The molecule has 0 bridgehead atoms. The molecule has 2 aromatic rings. The van der Waals surface area contributed by atoms with E-state index < -0.39 is 41.9 Å². The van der Waals surface area contributed by atoms with Gasteiger partial charge >= 0.3 is 18.0 Å². The van der Waals surface area contributed by atoms with E-state index in [1.165, 1.54) is 0 Å². The number of nitrogens with one attached hydrogen (secondary N) is 2. The average molecular weight is 483 g/mol. The van der Waals surface area contributed by atoms with Crippen LogP contribution in [0.5, 0.6) is 0 Å². The van der Waals surface area contributed by atoms with Crippen molar-refractivity contribution in [1.29, 1.82) is 0 Å². The Labute approximate surface area is 203 Å². The minimum atomic E-state index is -1.75. The van der Waals surface area contributed by atoms with Crippen LogP contribution in [0, 0.1) is 5.92 Å². The molecule has 3 rings (SSSR count). The number of amides is 2. The second-order valence-corrected chi connectivity index (χ2v) is 8.36. The fourth-order valence-corrected chi connectivity index (χ4v) is 4.13. The molecule has 186 valence electrons. The molecule has 2 amide bonds. The number of carboxylic acids is 1. The molecule has 0 saturated heterocycles. The number of esters is 1. The zero-order valence-electron chi connectivity index (χ0n) is 19.9. The molecule has 0 radical (unpaired) electrons. The topological polar surface area (TPSA) is 131 Å². The molecule has 0 aliphatic heterocycles. The normalized spacial score (nSPS) is 14.6. The lowest BCUT2D eigenvalue weighted by molar-refractivity contribution is -0.151. The number of hydrogen-bond acceptors (Lipinski definition) is 6. The maximum absolute atomic E-state index is 12.8. The predicted molar refractivity (Wildman–Crippen MR) is 128 cm³/mol. The third-order valence-electron chi connectivity index (χ3n) is 6.17. The Morgan fingerprint density at radius 3 is 2.00 bits per heavy atom. The van der Waals surface area contributed by atoms with Gasteiger partial charge in [0.15, 0.2) is 0 Å². The van der Waals surface area contributed by atoms with Gasteiger partial charge in [0.2, 0.25) is 6.04 Å². The second-order valence-electron chi connectivity index (χ2n) is 8.36. The first kappa shape index (κ1) is 25.7. The standard InChI is InChI=1S/C26H30N2O7/c1-4-15(3)21(24(30)31)27-23(29)22(25(32)34-5-2)28-26(33)35-14-20-18-12-8-6-10-16(18)17-11-7-9-13-19(17)20/h6-13,15,20-22H,4-5,14H2,1-3H3,(H,27,29)(H,28,33)(H,30,31). The molecule has 0 fully saturated rings. The van der Waals surface area contributed by atoms with Gasteiger partial charge in [-0.05, 0) is 35.1 Å². The highest BCUT2D eigenvalue weighted by Gasteiger charge is 2.35. The van der Waals surface area contributed by atoms with E-state index in [1.807, 2.05) is 48.5 Å². The summed E-state index contributed by atoms with van der Waals surface area (Å²) in [7, 11) is 0. The monoisotopic (exact) mass is 482 g/mol. The van der Waals surface area contributed by atoms with Crippen molar-refractivity contribution >= 4 is 23.9 Å². The number of fused-ring (bicyclic) bond motifs is 3. The minimum absolute atomic E-state index is 0.0123. The Hall–Kier alpha value is -3.88. The molecule has 2 aromatic carbocycles. The fraction of sp³-hybridized carbons (Fsp3) is 0.385. The summed E-state index contributed by atoms with van der Waals surface area (Å²) >= 11 is 0. The molecule has 3 atom stereocenters. The number of rotatable bonds is 10. The number of ether oxygens (including phenoxy) is 2. The molecular weight excluding hydrogens is 452 g/mol. The van der Waals surface area contributed by atoms with Crippen LogP contribution in [0.3, 0.4) is 0 Å². The molecule has 35 heavy (non-hydrogen) atoms. The lowest BCUT2D eigenvalue weighted by Gasteiger charge is -2.23. The molecule has 9 nitrogen and oxygen atoms in total. The third kappa shape index (κ3) is 5.79. The van der Waals surface area contributed by atoms with Crippen LogP contribution in [0.4, 0.5) is 4.79 Å². The number of alkyl carbamates (subject to hydrolysis) is 1. The van der Waals surface area contributed by atoms with Crippen LogP contribution < -0.4 is 10.6 Å². The predicted octanol–water partition coefficient (Wildman–Crippen LogP) is 3.07. The molecule has 1 aliphatic rings. The van der Waals surface area contributed by atoms with Crippen LogP contribution in [0.25, 0.3) is 11.1 Å². The van der Waals surface area contributed by atoms with Crippen molar-refractivity contribution in [3.8, 4) is 11.1 Å². The summed E-state index contributed by atoms with van der Waals surface area (Å²) in [6.45, 7) is 4.96. The highest BCUT2D eigenvalue weighted by molar-refractivity contribution is 6.05. The van der Waals surface area contributed by atoms with Crippen molar-refractivity contribution in [3.05, 3.63) is 59.7 Å². The molecule has 1 aliphatic carbocycles. The Morgan fingerprint density at radius 1 is 0.914 bits per heavy atom. The van der Waals surface area contributed by atoms with E-state index in [1.54, 1.807) is 20.8 Å². The van der Waals surface area contributed by atoms with Gasteiger partial charge in [0.05, 0.1) is 6.61 Å². The van der Waals surface area contributed by atoms with Gasteiger partial charge in [-0.3, -0.25) is 10.1 Å². The Kier molecular flexibility index (Phi) is 8.46. The summed E-state index contributed by atoms with van der Waals surface area (Å²) in [6.07, 6.45) is -0.503. The first-order valence-corrected chi connectivity index (χ1v) is 11.6. The number of aliphatic carboxylic acids is 1. The molecule has 0 aromatic heterocycles. The maximum Gasteiger partial charge on any atom is 0.408 e. The lowest BCUT2D eigenvalue weighted by Crippen LogP contribution is -2.56. The van der Waals surface area contributed by atoms with Crippen molar-refractivity contribution in [3.63, 3.8) is 0 Å². The van der Waals surface area contributed by atoms with E-state index in [4.69, 9.17) is 9.47 Å². The fourth-order valence-electron chi connectivity index (χ4n) is 4.13. The zero-order valence-corrected chi connectivity index (χ0v) is 19.9. The Bertz CT molecular complexity index is 1060. The van der Waals surface area contributed by atoms with Crippen LogP contribution in [0.15, 0.2) is 48.5 Å². The number of carbonyl (C=O) groups excluding carboxylic acids is 3. The van der Waals surface area contributed by atoms with Gasteiger partial charge in [-0.25, -0.2) is 14.4 Å². The Morgan fingerprint density at radius 2 is 1.49 bits per heavy atom. The Balaban J connectivity index is 1.71. The van der Waals surface area contributed by atoms with Gasteiger partial charge in [-0.15, -0.1) is 0 Å². The van der Waals surface area contributed by atoms with Crippen LogP contribution in [-0.4, -0.2) is 54.3 Å². The molecule has 3 unspecified atom stereocenters. The van der Waals surface area contributed by atoms with E-state index >= 15 is 0 Å². The van der Waals surface area contributed by atoms with Crippen LogP contribution in [-0.2, 0) is 23.9 Å². The first-order valence-electron chi connectivity index (χ1n) is 11.6. The van der Waals surface area contributed by atoms with Gasteiger partial charge in [-0.2, -0.15) is 0 Å². The van der Waals surface area contributed by atoms with Crippen molar-refractivity contribution in [1.82, 2.24) is 10.6 Å². The maximum atomic E-state index is 12.8. The number of carbonyl (C=O) groups is 4. The molecule has 0 saturated carbocycles. The van der Waals surface area contributed by atoms with Crippen LogP contribution in [0.2, 0.25) is 0 Å². The largest absolute Gasteiger partial charge is 0.480 e. The van der Waals surface area contributed by atoms with E-state index in [2.05, 4.69) is 10.6 Å². The number of carboxylic acid groups (broad SMARTS) is 1. The summed E-state index contributed by atoms with van der Waals surface area (Å²) in [5.74, 6) is -3.83. The summed E-state index contributed by atoms with van der Waals surface area (Å²) in [6, 6.07) is 12.7. The summed E-state index contributed by atoms with van der Waals surface area (Å²) in [4.78, 5) is 49.4. The third-order valence-corrected chi connectivity index (χ3v) is 6.17. The minimum Gasteiger partial charge on any atom is -0.480 e. The quantitative estimate of drug-likeness (QED) is 0.350. The number of benzene rings is 2.